The van der Waals surface area contributed by atoms with Gasteiger partial charge in [-0.2, -0.15) is 0 Å². The van der Waals surface area contributed by atoms with E-state index in [1.807, 2.05) is 0 Å². The van der Waals surface area contributed by atoms with E-state index in [1.54, 1.807) is 0 Å². The van der Waals surface area contributed by atoms with E-state index in [9.17, 15) is 9.59 Å². The zero-order valence-corrected chi connectivity index (χ0v) is 8.47. The van der Waals surface area contributed by atoms with Crippen molar-refractivity contribution in [2.24, 2.45) is 0 Å². The van der Waals surface area contributed by atoms with Gasteiger partial charge in [-0.3, -0.25) is 0 Å². The molecule has 1 rings (SSSR count). The molecular formula is C9H13NO5. The van der Waals surface area contributed by atoms with Crippen LogP contribution in [0.5, 0.6) is 0 Å². The highest BCUT2D eigenvalue weighted by atomic mass is 16.6. The monoisotopic (exact) mass is 215 g/mol. The molecule has 0 unspecified atom stereocenters. The first kappa shape index (κ1) is 11.5. The minimum absolute atomic E-state index is 0.488. The van der Waals surface area contributed by atoms with Crippen molar-refractivity contribution in [2.45, 2.75) is 0 Å². The van der Waals surface area contributed by atoms with Crippen LogP contribution in [-0.2, 0) is 19.0 Å². The minimum atomic E-state index is -0.565. The highest BCUT2D eigenvalue weighted by Gasteiger charge is 2.17. The first-order chi connectivity index (χ1) is 7.24. The minimum Gasteiger partial charge on any atom is -0.466 e. The summed E-state index contributed by atoms with van der Waals surface area (Å²) in [6, 6.07) is 0. The molecule has 6 heteroatoms. The third kappa shape index (κ3) is 3.99. The largest absolute Gasteiger partial charge is 0.466 e. The number of amides is 1. The Morgan fingerprint density at radius 3 is 2.60 bits per heavy atom. The standard InChI is InChI=1S/C9H13NO5/c1-13-8(11)2-5-15-9(12)10-3-6-14-7-4-10/h2,5H,3-4,6-7H2,1H3/b5-2+. The van der Waals surface area contributed by atoms with Crippen molar-refractivity contribution < 1.29 is 23.8 Å². The van der Waals surface area contributed by atoms with Crippen LogP contribution in [0.15, 0.2) is 12.3 Å². The fraction of sp³-hybridized carbons (Fsp3) is 0.556. The Hall–Kier alpha value is -1.56. The van der Waals surface area contributed by atoms with Crippen molar-refractivity contribution >= 4 is 12.1 Å². The smallest absolute Gasteiger partial charge is 0.414 e. The summed E-state index contributed by atoms with van der Waals surface area (Å²) in [6.07, 6.45) is 1.57. The maximum Gasteiger partial charge on any atom is 0.414 e. The van der Waals surface area contributed by atoms with Gasteiger partial charge in [-0.15, -0.1) is 0 Å². The van der Waals surface area contributed by atoms with E-state index >= 15 is 0 Å². The summed E-state index contributed by atoms with van der Waals surface area (Å²) in [4.78, 5) is 23.5. The lowest BCUT2D eigenvalue weighted by atomic mass is 10.5. The van der Waals surface area contributed by atoms with Gasteiger partial charge >= 0.3 is 12.1 Å². The van der Waals surface area contributed by atoms with Gasteiger partial charge < -0.3 is 19.1 Å². The molecule has 15 heavy (non-hydrogen) atoms. The molecule has 1 saturated heterocycles. The molecule has 1 aliphatic rings. The number of hydrogen-bond acceptors (Lipinski definition) is 5. The van der Waals surface area contributed by atoms with Crippen molar-refractivity contribution in [2.75, 3.05) is 33.4 Å². The molecule has 0 saturated carbocycles. The second-order valence-corrected chi connectivity index (χ2v) is 2.81. The van der Waals surface area contributed by atoms with Gasteiger partial charge in [-0.05, 0) is 0 Å². The summed E-state index contributed by atoms with van der Waals surface area (Å²) in [5.41, 5.74) is 0. The zero-order chi connectivity index (χ0) is 11.1. The Morgan fingerprint density at radius 1 is 1.33 bits per heavy atom. The Bertz CT molecular complexity index is 257. The molecule has 0 aromatic heterocycles. The molecule has 1 heterocycles. The van der Waals surface area contributed by atoms with Crippen LogP contribution in [-0.4, -0.2) is 50.4 Å². The van der Waals surface area contributed by atoms with Gasteiger partial charge in [-0.1, -0.05) is 0 Å². The van der Waals surface area contributed by atoms with Crippen LogP contribution in [0, 0.1) is 0 Å². The molecule has 0 aliphatic carbocycles. The maximum absolute atomic E-state index is 11.3. The third-order valence-electron chi connectivity index (χ3n) is 1.84. The predicted octanol–water partition coefficient (Wildman–Crippen LogP) is 0.142. The average molecular weight is 215 g/mol. The Morgan fingerprint density at radius 2 is 2.00 bits per heavy atom. The summed E-state index contributed by atoms with van der Waals surface area (Å²) in [7, 11) is 1.25. The van der Waals surface area contributed by atoms with Gasteiger partial charge in [0.15, 0.2) is 0 Å². The van der Waals surface area contributed by atoms with Crippen LogP contribution in [0.1, 0.15) is 0 Å². The van der Waals surface area contributed by atoms with Gasteiger partial charge in [0.2, 0.25) is 0 Å². The molecule has 0 aromatic rings. The van der Waals surface area contributed by atoms with Crippen molar-refractivity contribution in [3.05, 3.63) is 12.3 Å². The van der Waals surface area contributed by atoms with E-state index in [0.717, 1.165) is 12.3 Å². The molecule has 6 nitrogen and oxygen atoms in total. The first-order valence-corrected chi connectivity index (χ1v) is 4.52. The van der Waals surface area contributed by atoms with E-state index < -0.39 is 12.1 Å². The average Bonchev–Trinajstić information content (AvgIpc) is 2.29. The van der Waals surface area contributed by atoms with Crippen LogP contribution < -0.4 is 0 Å². The molecular weight excluding hydrogens is 202 g/mol. The number of ether oxygens (including phenoxy) is 3. The van der Waals surface area contributed by atoms with Gasteiger partial charge in [-0.25, -0.2) is 9.59 Å². The molecule has 1 aliphatic heterocycles. The van der Waals surface area contributed by atoms with Crippen LogP contribution in [0.3, 0.4) is 0 Å². The summed E-state index contributed by atoms with van der Waals surface area (Å²) in [5, 5.41) is 0. The van der Waals surface area contributed by atoms with E-state index in [-0.39, 0.29) is 0 Å². The van der Waals surface area contributed by atoms with Gasteiger partial charge in [0.1, 0.15) is 6.26 Å². The number of morpholine rings is 1. The lowest BCUT2D eigenvalue weighted by Crippen LogP contribution is -2.40. The first-order valence-electron chi connectivity index (χ1n) is 4.52. The van der Waals surface area contributed by atoms with Crippen LogP contribution >= 0.6 is 0 Å². The van der Waals surface area contributed by atoms with Crippen molar-refractivity contribution in [3.63, 3.8) is 0 Å². The van der Waals surface area contributed by atoms with E-state index in [1.165, 1.54) is 12.0 Å². The summed E-state index contributed by atoms with van der Waals surface area (Å²) >= 11 is 0. The molecule has 0 spiro atoms. The second-order valence-electron chi connectivity index (χ2n) is 2.81. The van der Waals surface area contributed by atoms with Crippen molar-refractivity contribution in [3.8, 4) is 0 Å². The summed E-state index contributed by atoms with van der Waals surface area (Å²) in [5.74, 6) is -0.565. The van der Waals surface area contributed by atoms with Crippen LogP contribution in [0.2, 0.25) is 0 Å². The van der Waals surface area contributed by atoms with Crippen molar-refractivity contribution in [1.29, 1.82) is 0 Å². The highest BCUT2D eigenvalue weighted by Crippen LogP contribution is 2.00. The second kappa shape index (κ2) is 6.02. The van der Waals surface area contributed by atoms with Gasteiger partial charge in [0.05, 0.1) is 26.4 Å². The topological polar surface area (TPSA) is 65.1 Å². The van der Waals surface area contributed by atoms with Crippen molar-refractivity contribution in [1.82, 2.24) is 4.90 Å². The quantitative estimate of drug-likeness (QED) is 0.372. The molecule has 84 valence electrons. The Kier molecular flexibility index (Phi) is 4.62. The molecule has 0 atom stereocenters. The van der Waals surface area contributed by atoms with Crippen LogP contribution in [0.4, 0.5) is 4.79 Å². The number of esters is 1. The normalized spacial score (nSPS) is 16.5. The van der Waals surface area contributed by atoms with E-state index in [2.05, 4.69) is 4.74 Å². The predicted molar refractivity (Wildman–Crippen MR) is 50.0 cm³/mol. The fourth-order valence-electron chi connectivity index (χ4n) is 1.04. The van der Waals surface area contributed by atoms with E-state index in [0.29, 0.717) is 26.3 Å². The van der Waals surface area contributed by atoms with E-state index in [4.69, 9.17) is 9.47 Å². The zero-order valence-electron chi connectivity index (χ0n) is 8.47. The molecule has 0 aromatic carbocycles. The third-order valence-corrected chi connectivity index (χ3v) is 1.84. The highest BCUT2D eigenvalue weighted by molar-refractivity contribution is 5.82. The molecule has 0 bridgehead atoms. The maximum atomic E-state index is 11.3. The lowest BCUT2D eigenvalue weighted by Gasteiger charge is -2.25. The Labute approximate surface area is 87.4 Å². The lowest BCUT2D eigenvalue weighted by molar-refractivity contribution is -0.134. The number of carbonyl (C=O) groups excluding carboxylic acids is 2. The number of hydrogen-bond donors (Lipinski definition) is 0. The van der Waals surface area contributed by atoms with Gasteiger partial charge in [0.25, 0.3) is 0 Å². The molecule has 1 amide bonds. The van der Waals surface area contributed by atoms with Crippen LogP contribution in [0.25, 0.3) is 0 Å². The number of nitrogens with zero attached hydrogens (tertiary/aromatic N) is 1. The molecule has 0 N–H and O–H groups in total. The number of rotatable bonds is 2. The molecule has 1 fully saturated rings. The molecule has 0 radical (unpaired) electrons. The summed E-state index contributed by atoms with van der Waals surface area (Å²) < 4.78 is 14.1. The Balaban J connectivity index is 2.28. The number of carbonyl (C=O) groups is 2. The van der Waals surface area contributed by atoms with Gasteiger partial charge in [0, 0.05) is 13.1 Å². The SMILES string of the molecule is COC(=O)/C=C/OC(=O)N1CCOCC1. The number of methoxy groups -OCH3 is 1. The fourth-order valence-corrected chi connectivity index (χ4v) is 1.04. The summed E-state index contributed by atoms with van der Waals surface area (Å²) in [6.45, 7) is 2.03.